The summed E-state index contributed by atoms with van der Waals surface area (Å²) in [5.74, 6) is -0.307. The molecule has 0 aromatic heterocycles. The molecule has 0 spiro atoms. The maximum Gasteiger partial charge on any atom is 0.341 e. The van der Waals surface area contributed by atoms with Crippen molar-refractivity contribution in [3.8, 4) is 5.75 Å². The van der Waals surface area contributed by atoms with E-state index in [9.17, 15) is 4.79 Å². The summed E-state index contributed by atoms with van der Waals surface area (Å²) in [7, 11) is 0. The monoisotopic (exact) mass is 431 g/mol. The Morgan fingerprint density at radius 1 is 0.969 bits per heavy atom. The molecular formula is C27H29NO4. The van der Waals surface area contributed by atoms with E-state index in [-0.39, 0.29) is 6.61 Å². The highest BCUT2D eigenvalue weighted by atomic mass is 16.5. The second-order valence-electron chi connectivity index (χ2n) is 8.14. The number of rotatable bonds is 9. The van der Waals surface area contributed by atoms with Crippen LogP contribution in [0.2, 0.25) is 0 Å². The Morgan fingerprint density at radius 3 is 2.25 bits per heavy atom. The third-order valence-electron chi connectivity index (χ3n) is 6.06. The fourth-order valence-corrected chi connectivity index (χ4v) is 4.38. The Bertz CT molecular complexity index is 997. The van der Waals surface area contributed by atoms with Gasteiger partial charge >= 0.3 is 5.97 Å². The van der Waals surface area contributed by atoms with E-state index in [1.54, 1.807) is 0 Å². The van der Waals surface area contributed by atoms with Crippen molar-refractivity contribution >= 4 is 11.7 Å². The van der Waals surface area contributed by atoms with Crippen LogP contribution in [0.25, 0.3) is 0 Å². The van der Waals surface area contributed by atoms with Gasteiger partial charge in [-0.2, -0.15) is 0 Å². The molecule has 0 radical (unpaired) electrons. The molecule has 0 saturated heterocycles. The summed E-state index contributed by atoms with van der Waals surface area (Å²) in [6.07, 6.45) is 1.88. The van der Waals surface area contributed by atoms with Crippen LogP contribution in [0.15, 0.2) is 78.9 Å². The summed E-state index contributed by atoms with van der Waals surface area (Å²) in [5, 5.41) is 8.96. The number of nitrogens with zero attached hydrogens (tertiary/aromatic N) is 1. The van der Waals surface area contributed by atoms with Crippen LogP contribution in [0.4, 0.5) is 5.69 Å². The van der Waals surface area contributed by atoms with Gasteiger partial charge in [-0.3, -0.25) is 0 Å². The highest BCUT2D eigenvalue weighted by molar-refractivity contribution is 5.69. The number of hydrogen-bond acceptors (Lipinski definition) is 4. The van der Waals surface area contributed by atoms with Gasteiger partial charge in [-0.05, 0) is 43.0 Å². The Hall–Kier alpha value is -3.31. The molecule has 1 aliphatic rings. The Morgan fingerprint density at radius 2 is 1.62 bits per heavy atom. The van der Waals surface area contributed by atoms with Gasteiger partial charge in [-0.25, -0.2) is 4.79 Å². The number of carboxylic acids is 1. The van der Waals surface area contributed by atoms with Crippen molar-refractivity contribution in [2.24, 2.45) is 0 Å². The van der Waals surface area contributed by atoms with Gasteiger partial charge in [-0.1, -0.05) is 66.7 Å². The molecule has 32 heavy (non-hydrogen) atoms. The van der Waals surface area contributed by atoms with Gasteiger partial charge in [0.1, 0.15) is 11.4 Å². The SMILES string of the molecule is CC(OCCN1CCCc2c(OCC(=O)O)cccc21)(c1ccccc1)c1ccccc1. The number of aliphatic carboxylic acids is 1. The molecule has 0 bridgehead atoms. The fraction of sp³-hybridized carbons (Fsp3) is 0.296. The molecule has 3 aromatic rings. The topological polar surface area (TPSA) is 59.0 Å². The summed E-state index contributed by atoms with van der Waals surface area (Å²) in [4.78, 5) is 13.2. The van der Waals surface area contributed by atoms with Gasteiger partial charge in [0.2, 0.25) is 0 Å². The van der Waals surface area contributed by atoms with Gasteiger partial charge in [0, 0.05) is 24.3 Å². The lowest BCUT2D eigenvalue weighted by Gasteiger charge is -2.35. The number of carboxylic acid groups (broad SMARTS) is 1. The minimum absolute atomic E-state index is 0.327. The molecule has 4 rings (SSSR count). The minimum Gasteiger partial charge on any atom is -0.482 e. The summed E-state index contributed by atoms with van der Waals surface area (Å²) in [5.41, 5.74) is 3.87. The van der Waals surface area contributed by atoms with Crippen molar-refractivity contribution in [1.82, 2.24) is 0 Å². The lowest BCUT2D eigenvalue weighted by atomic mass is 9.88. The van der Waals surface area contributed by atoms with Gasteiger partial charge in [0.05, 0.1) is 6.61 Å². The second kappa shape index (κ2) is 9.88. The molecule has 166 valence electrons. The van der Waals surface area contributed by atoms with E-state index in [2.05, 4.69) is 42.2 Å². The van der Waals surface area contributed by atoms with Crippen LogP contribution in [0, 0.1) is 0 Å². The third-order valence-corrected chi connectivity index (χ3v) is 6.06. The van der Waals surface area contributed by atoms with Gasteiger partial charge < -0.3 is 19.5 Å². The van der Waals surface area contributed by atoms with E-state index in [1.807, 2.05) is 48.5 Å². The van der Waals surface area contributed by atoms with E-state index in [0.29, 0.717) is 12.4 Å². The van der Waals surface area contributed by atoms with Crippen molar-refractivity contribution < 1.29 is 19.4 Å². The van der Waals surface area contributed by atoms with E-state index >= 15 is 0 Å². The molecule has 0 fully saturated rings. The molecule has 0 aliphatic carbocycles. The van der Waals surface area contributed by atoms with Crippen molar-refractivity contribution in [1.29, 1.82) is 0 Å². The van der Waals surface area contributed by atoms with Crippen LogP contribution in [-0.2, 0) is 21.6 Å². The van der Waals surface area contributed by atoms with Crippen LogP contribution in [0.1, 0.15) is 30.0 Å². The predicted octanol–water partition coefficient (Wildman–Crippen LogP) is 4.88. The minimum atomic E-state index is -0.968. The zero-order valence-electron chi connectivity index (χ0n) is 18.4. The first-order valence-electron chi connectivity index (χ1n) is 11.0. The molecule has 0 atom stereocenters. The first kappa shape index (κ1) is 21.9. The molecule has 1 N–H and O–H groups in total. The molecule has 3 aromatic carbocycles. The molecule has 5 nitrogen and oxygen atoms in total. The number of fused-ring (bicyclic) bond motifs is 1. The van der Waals surface area contributed by atoms with E-state index in [4.69, 9.17) is 14.6 Å². The average Bonchev–Trinajstić information content (AvgIpc) is 2.84. The summed E-state index contributed by atoms with van der Waals surface area (Å²) < 4.78 is 12.1. The highest BCUT2D eigenvalue weighted by Crippen LogP contribution is 2.36. The van der Waals surface area contributed by atoms with Gasteiger partial charge in [0.15, 0.2) is 6.61 Å². The molecule has 1 aliphatic heterocycles. The molecule has 1 heterocycles. The van der Waals surface area contributed by atoms with E-state index in [1.165, 1.54) is 0 Å². The smallest absolute Gasteiger partial charge is 0.341 e. The van der Waals surface area contributed by atoms with Crippen molar-refractivity contribution in [3.05, 3.63) is 95.6 Å². The highest BCUT2D eigenvalue weighted by Gasteiger charge is 2.30. The number of anilines is 1. The van der Waals surface area contributed by atoms with Crippen LogP contribution < -0.4 is 9.64 Å². The van der Waals surface area contributed by atoms with E-state index < -0.39 is 11.6 Å². The standard InChI is InChI=1S/C27H29NO4/c1-27(21-10-4-2-5-11-21,22-12-6-3-7-13-22)32-19-18-28-17-9-14-23-24(28)15-8-16-25(23)31-20-26(29)30/h2-8,10-13,15-16H,9,14,17-20H2,1H3,(H,29,30). The van der Waals surface area contributed by atoms with Crippen molar-refractivity contribution in [3.63, 3.8) is 0 Å². The first-order valence-corrected chi connectivity index (χ1v) is 11.0. The predicted molar refractivity (Wildman–Crippen MR) is 125 cm³/mol. The van der Waals surface area contributed by atoms with Crippen LogP contribution in [0.5, 0.6) is 5.75 Å². The summed E-state index contributed by atoms with van der Waals surface area (Å²) in [6.45, 7) is 4.03. The second-order valence-corrected chi connectivity index (χ2v) is 8.14. The third kappa shape index (κ3) is 4.78. The van der Waals surface area contributed by atoms with Crippen LogP contribution in [0.3, 0.4) is 0 Å². The number of ether oxygens (including phenoxy) is 2. The zero-order valence-corrected chi connectivity index (χ0v) is 18.4. The fourth-order valence-electron chi connectivity index (χ4n) is 4.38. The molecule has 0 amide bonds. The van der Waals surface area contributed by atoms with E-state index in [0.717, 1.165) is 48.3 Å². The number of carbonyl (C=O) groups is 1. The molecule has 5 heteroatoms. The summed E-state index contributed by atoms with van der Waals surface area (Å²) >= 11 is 0. The largest absolute Gasteiger partial charge is 0.482 e. The zero-order chi connectivity index (χ0) is 22.4. The maximum absolute atomic E-state index is 10.9. The average molecular weight is 432 g/mol. The number of hydrogen-bond donors (Lipinski definition) is 1. The molecular weight excluding hydrogens is 402 g/mol. The van der Waals surface area contributed by atoms with Gasteiger partial charge in [0.25, 0.3) is 0 Å². The van der Waals surface area contributed by atoms with Crippen molar-refractivity contribution in [2.45, 2.75) is 25.4 Å². The van der Waals surface area contributed by atoms with Crippen LogP contribution in [-0.4, -0.2) is 37.4 Å². The Kier molecular flexibility index (Phi) is 6.76. The quantitative estimate of drug-likeness (QED) is 0.523. The van der Waals surface area contributed by atoms with Gasteiger partial charge in [-0.15, -0.1) is 0 Å². The Balaban J connectivity index is 1.50. The first-order chi connectivity index (χ1) is 15.6. The molecule has 0 unspecified atom stereocenters. The normalized spacial score (nSPS) is 13.5. The maximum atomic E-state index is 10.9. The van der Waals surface area contributed by atoms with Crippen LogP contribution >= 0.6 is 0 Å². The lowest BCUT2D eigenvalue weighted by molar-refractivity contribution is -0.139. The lowest BCUT2D eigenvalue weighted by Crippen LogP contribution is -2.36. The van der Waals surface area contributed by atoms with Crippen molar-refractivity contribution in [2.75, 3.05) is 31.2 Å². The summed E-state index contributed by atoms with van der Waals surface area (Å²) in [6, 6.07) is 26.5. The number of benzene rings is 3. The Labute approximate surface area is 189 Å². The molecule has 0 saturated carbocycles.